The van der Waals surface area contributed by atoms with Gasteiger partial charge in [0.2, 0.25) is 0 Å². The number of aryl methyl sites for hydroxylation is 1. The van der Waals surface area contributed by atoms with Gasteiger partial charge in [-0.3, -0.25) is 4.68 Å². The average molecular weight is 164 g/mol. The summed E-state index contributed by atoms with van der Waals surface area (Å²) in [5.41, 5.74) is 2.29. The van der Waals surface area contributed by atoms with Crippen LogP contribution in [0.5, 0.6) is 0 Å². The second kappa shape index (κ2) is 3.88. The van der Waals surface area contributed by atoms with Crippen molar-refractivity contribution < 1.29 is 0 Å². The van der Waals surface area contributed by atoms with E-state index in [0.717, 1.165) is 11.3 Å². The molecule has 0 fully saturated rings. The largest absolute Gasteiger partial charge is 0.300 e. The molecule has 4 nitrogen and oxygen atoms in total. The van der Waals surface area contributed by atoms with E-state index >= 15 is 0 Å². The summed E-state index contributed by atoms with van der Waals surface area (Å²) in [6.07, 6.45) is 1.82. The van der Waals surface area contributed by atoms with E-state index in [1.807, 2.05) is 30.9 Å². The van der Waals surface area contributed by atoms with Gasteiger partial charge in [-0.25, -0.2) is 0 Å². The maximum absolute atomic E-state index is 8.29. The van der Waals surface area contributed by atoms with Gasteiger partial charge in [-0.1, -0.05) is 0 Å². The number of hydrogen-bond acceptors (Lipinski definition) is 3. The van der Waals surface area contributed by atoms with Crippen molar-refractivity contribution in [3.63, 3.8) is 0 Å². The van der Waals surface area contributed by atoms with Crippen LogP contribution < -0.4 is 5.32 Å². The highest BCUT2D eigenvalue weighted by atomic mass is 15.3. The highest BCUT2D eigenvalue weighted by Gasteiger charge is 2.01. The van der Waals surface area contributed by atoms with Crippen molar-refractivity contribution in [1.29, 1.82) is 5.26 Å². The van der Waals surface area contributed by atoms with Gasteiger partial charge in [-0.15, -0.1) is 0 Å². The summed E-state index contributed by atoms with van der Waals surface area (Å²) in [5, 5.41) is 15.4. The van der Waals surface area contributed by atoms with Crippen molar-refractivity contribution in [2.75, 3.05) is 6.54 Å². The molecule has 0 saturated heterocycles. The minimum atomic E-state index is 0.383. The Kier molecular flexibility index (Phi) is 2.83. The summed E-state index contributed by atoms with van der Waals surface area (Å²) in [4.78, 5) is 0. The lowest BCUT2D eigenvalue weighted by atomic mass is 10.2. The molecular formula is C8H12N4. The van der Waals surface area contributed by atoms with E-state index < -0.39 is 0 Å². The third-order valence-corrected chi connectivity index (χ3v) is 1.86. The van der Waals surface area contributed by atoms with Crippen molar-refractivity contribution in [3.05, 3.63) is 17.5 Å². The first-order chi connectivity index (χ1) is 5.75. The summed E-state index contributed by atoms with van der Waals surface area (Å²) < 4.78 is 1.82. The van der Waals surface area contributed by atoms with Crippen LogP contribution >= 0.6 is 0 Å². The Morgan fingerprint density at radius 2 is 2.50 bits per heavy atom. The van der Waals surface area contributed by atoms with Gasteiger partial charge >= 0.3 is 0 Å². The third-order valence-electron chi connectivity index (χ3n) is 1.86. The Hall–Kier alpha value is -1.34. The van der Waals surface area contributed by atoms with Crippen molar-refractivity contribution in [2.45, 2.75) is 13.5 Å². The minimum Gasteiger partial charge on any atom is -0.300 e. The molecule has 0 aliphatic rings. The van der Waals surface area contributed by atoms with Crippen LogP contribution in [0.1, 0.15) is 11.3 Å². The molecule has 1 aromatic heterocycles. The maximum Gasteiger partial charge on any atom is 0.0843 e. The van der Waals surface area contributed by atoms with Crippen molar-refractivity contribution in [3.8, 4) is 6.07 Å². The Morgan fingerprint density at radius 3 is 3.00 bits per heavy atom. The fourth-order valence-corrected chi connectivity index (χ4v) is 0.971. The molecule has 1 heterocycles. The van der Waals surface area contributed by atoms with E-state index in [1.54, 1.807) is 0 Å². The van der Waals surface area contributed by atoms with Crippen LogP contribution in [0.25, 0.3) is 0 Å². The van der Waals surface area contributed by atoms with Crippen molar-refractivity contribution in [2.24, 2.45) is 7.05 Å². The molecule has 12 heavy (non-hydrogen) atoms. The van der Waals surface area contributed by atoms with E-state index in [2.05, 4.69) is 10.4 Å². The lowest BCUT2D eigenvalue weighted by Gasteiger charge is -1.99. The van der Waals surface area contributed by atoms with Crippen molar-refractivity contribution >= 4 is 0 Å². The first-order valence-corrected chi connectivity index (χ1v) is 3.81. The number of rotatable bonds is 3. The Balaban J connectivity index is 2.53. The molecule has 0 radical (unpaired) electrons. The van der Waals surface area contributed by atoms with Gasteiger partial charge < -0.3 is 5.32 Å². The van der Waals surface area contributed by atoms with E-state index in [-0.39, 0.29) is 0 Å². The second-order valence-corrected chi connectivity index (χ2v) is 2.64. The molecular weight excluding hydrogens is 152 g/mol. The topological polar surface area (TPSA) is 53.6 Å². The number of nitriles is 1. The van der Waals surface area contributed by atoms with Gasteiger partial charge in [-0.2, -0.15) is 10.4 Å². The molecule has 0 atom stereocenters. The summed E-state index contributed by atoms with van der Waals surface area (Å²) in [6, 6.07) is 2.03. The van der Waals surface area contributed by atoms with Crippen LogP contribution in [0.15, 0.2) is 6.20 Å². The normalized spacial score (nSPS) is 9.75. The molecule has 0 aliphatic carbocycles. The van der Waals surface area contributed by atoms with E-state index in [0.29, 0.717) is 13.1 Å². The number of hydrogen-bond donors (Lipinski definition) is 1. The second-order valence-electron chi connectivity index (χ2n) is 2.64. The van der Waals surface area contributed by atoms with Crippen LogP contribution in [-0.2, 0) is 13.6 Å². The van der Waals surface area contributed by atoms with E-state index in [1.165, 1.54) is 0 Å². The fraction of sp³-hybridized carbons (Fsp3) is 0.500. The first kappa shape index (κ1) is 8.75. The molecule has 0 aliphatic heterocycles. The SMILES string of the molecule is Cc1c(CNCC#N)cnn1C. The Labute approximate surface area is 71.8 Å². The molecule has 64 valence electrons. The zero-order chi connectivity index (χ0) is 8.97. The molecule has 0 aromatic carbocycles. The third kappa shape index (κ3) is 1.83. The van der Waals surface area contributed by atoms with Crippen molar-refractivity contribution in [1.82, 2.24) is 15.1 Å². The lowest BCUT2D eigenvalue weighted by Crippen LogP contribution is -2.13. The highest BCUT2D eigenvalue weighted by Crippen LogP contribution is 2.03. The molecule has 0 amide bonds. The van der Waals surface area contributed by atoms with Gasteiger partial charge in [0.1, 0.15) is 0 Å². The fourth-order valence-electron chi connectivity index (χ4n) is 0.971. The molecule has 1 N–H and O–H groups in total. The average Bonchev–Trinajstić information content (AvgIpc) is 2.36. The van der Waals surface area contributed by atoms with Gasteiger partial charge in [0.25, 0.3) is 0 Å². The first-order valence-electron chi connectivity index (χ1n) is 3.81. The Bertz CT molecular complexity index is 294. The van der Waals surface area contributed by atoms with Gasteiger partial charge in [0, 0.05) is 24.8 Å². The summed E-state index contributed by atoms with van der Waals surface area (Å²) in [6.45, 7) is 3.11. The predicted octanol–water partition coefficient (Wildman–Crippen LogP) is 0.342. The molecule has 0 saturated carbocycles. The highest BCUT2D eigenvalue weighted by molar-refractivity contribution is 5.15. The molecule has 0 unspecified atom stereocenters. The van der Waals surface area contributed by atoms with Crippen LogP contribution in [0, 0.1) is 18.3 Å². The monoisotopic (exact) mass is 164 g/mol. The summed E-state index contributed by atoms with van der Waals surface area (Å²) in [5.74, 6) is 0. The van der Waals surface area contributed by atoms with Gasteiger partial charge in [0.05, 0.1) is 18.8 Å². The van der Waals surface area contributed by atoms with Gasteiger partial charge in [-0.05, 0) is 6.92 Å². The summed E-state index contributed by atoms with van der Waals surface area (Å²) in [7, 11) is 1.91. The van der Waals surface area contributed by atoms with Crippen LogP contribution in [-0.4, -0.2) is 16.3 Å². The molecule has 0 bridgehead atoms. The summed E-state index contributed by atoms with van der Waals surface area (Å²) >= 11 is 0. The number of nitrogens with zero attached hydrogens (tertiary/aromatic N) is 3. The standard InChI is InChI=1S/C8H12N4/c1-7-8(5-10-4-3-9)6-11-12(7)2/h6,10H,4-5H2,1-2H3. The molecule has 1 rings (SSSR count). The molecule has 1 aromatic rings. The number of aromatic nitrogens is 2. The number of nitrogens with one attached hydrogen (secondary N) is 1. The van der Waals surface area contributed by atoms with E-state index in [9.17, 15) is 0 Å². The molecule has 0 spiro atoms. The zero-order valence-electron chi connectivity index (χ0n) is 7.33. The quantitative estimate of drug-likeness (QED) is 0.517. The van der Waals surface area contributed by atoms with Crippen LogP contribution in [0.3, 0.4) is 0 Å². The van der Waals surface area contributed by atoms with Crippen LogP contribution in [0.2, 0.25) is 0 Å². The van der Waals surface area contributed by atoms with E-state index in [4.69, 9.17) is 5.26 Å². The van der Waals surface area contributed by atoms with Crippen LogP contribution in [0.4, 0.5) is 0 Å². The molecule has 4 heteroatoms. The Morgan fingerprint density at radius 1 is 1.75 bits per heavy atom. The maximum atomic E-state index is 8.29. The minimum absolute atomic E-state index is 0.383. The lowest BCUT2D eigenvalue weighted by molar-refractivity contribution is 0.726. The zero-order valence-corrected chi connectivity index (χ0v) is 7.33. The predicted molar refractivity (Wildman–Crippen MR) is 45.3 cm³/mol. The van der Waals surface area contributed by atoms with Gasteiger partial charge in [0.15, 0.2) is 0 Å². The smallest absolute Gasteiger partial charge is 0.0843 e.